The van der Waals surface area contributed by atoms with Crippen LogP contribution < -0.4 is 4.74 Å². The lowest BCUT2D eigenvalue weighted by Crippen LogP contribution is -1.97. The SMILES string of the molecule is O=S(=O)(Cl)c1cccnc1Oc1ccc2ccccc2c1. The number of aromatic nitrogens is 1. The topological polar surface area (TPSA) is 56.3 Å². The van der Waals surface area contributed by atoms with Crippen molar-refractivity contribution < 1.29 is 13.2 Å². The van der Waals surface area contributed by atoms with Gasteiger partial charge in [0.1, 0.15) is 10.6 Å². The number of fused-ring (bicyclic) bond motifs is 1. The van der Waals surface area contributed by atoms with Crippen LogP contribution in [0, 0.1) is 0 Å². The average Bonchev–Trinajstić information content (AvgIpc) is 2.46. The average molecular weight is 320 g/mol. The Balaban J connectivity index is 2.03. The maximum Gasteiger partial charge on any atom is 0.266 e. The zero-order valence-corrected chi connectivity index (χ0v) is 12.3. The fourth-order valence-corrected chi connectivity index (χ4v) is 2.88. The van der Waals surface area contributed by atoms with Crippen molar-refractivity contribution in [1.82, 2.24) is 4.98 Å². The Morgan fingerprint density at radius 1 is 0.952 bits per heavy atom. The van der Waals surface area contributed by atoms with Crippen LogP contribution in [-0.2, 0) is 9.05 Å². The molecule has 0 aliphatic carbocycles. The Bertz CT molecular complexity index is 909. The highest BCUT2D eigenvalue weighted by atomic mass is 35.7. The molecule has 3 aromatic rings. The van der Waals surface area contributed by atoms with E-state index in [0.717, 1.165) is 10.8 Å². The van der Waals surface area contributed by atoms with E-state index >= 15 is 0 Å². The van der Waals surface area contributed by atoms with Gasteiger partial charge >= 0.3 is 0 Å². The Kier molecular flexibility index (Phi) is 3.53. The first kappa shape index (κ1) is 13.9. The van der Waals surface area contributed by atoms with Gasteiger partial charge in [-0.25, -0.2) is 13.4 Å². The van der Waals surface area contributed by atoms with Crippen molar-refractivity contribution >= 4 is 30.5 Å². The Morgan fingerprint density at radius 3 is 2.48 bits per heavy atom. The van der Waals surface area contributed by atoms with Crippen LogP contribution in [0.5, 0.6) is 11.6 Å². The number of benzene rings is 2. The molecule has 0 N–H and O–H groups in total. The first-order chi connectivity index (χ1) is 10.0. The second-order valence-corrected chi connectivity index (χ2v) is 6.89. The van der Waals surface area contributed by atoms with Gasteiger partial charge in [-0.1, -0.05) is 30.3 Å². The van der Waals surface area contributed by atoms with Gasteiger partial charge in [-0.2, -0.15) is 0 Å². The molecule has 0 unspecified atom stereocenters. The molecule has 0 spiro atoms. The highest BCUT2D eigenvalue weighted by Gasteiger charge is 2.18. The van der Waals surface area contributed by atoms with Gasteiger partial charge in [-0.15, -0.1) is 0 Å². The molecule has 0 amide bonds. The molecule has 0 fully saturated rings. The van der Waals surface area contributed by atoms with Crippen molar-refractivity contribution in [2.45, 2.75) is 4.90 Å². The van der Waals surface area contributed by atoms with E-state index in [9.17, 15) is 8.42 Å². The van der Waals surface area contributed by atoms with Gasteiger partial charge in [0, 0.05) is 16.9 Å². The molecule has 106 valence electrons. The van der Waals surface area contributed by atoms with Crippen LogP contribution in [0.15, 0.2) is 65.7 Å². The Hall–Kier alpha value is -2.11. The minimum absolute atomic E-state index is 0.0391. The lowest BCUT2D eigenvalue weighted by molar-refractivity contribution is 0.448. The summed E-state index contributed by atoms with van der Waals surface area (Å²) in [5.41, 5.74) is 0. The highest BCUT2D eigenvalue weighted by molar-refractivity contribution is 8.13. The van der Waals surface area contributed by atoms with Crippen LogP contribution in [0.1, 0.15) is 0 Å². The summed E-state index contributed by atoms with van der Waals surface area (Å²) < 4.78 is 28.6. The van der Waals surface area contributed by atoms with Gasteiger partial charge in [0.2, 0.25) is 5.88 Å². The highest BCUT2D eigenvalue weighted by Crippen LogP contribution is 2.30. The predicted octanol–water partition coefficient (Wildman–Crippen LogP) is 3.95. The summed E-state index contributed by atoms with van der Waals surface area (Å²) in [7, 11) is 1.47. The number of hydrogen-bond donors (Lipinski definition) is 0. The van der Waals surface area contributed by atoms with Crippen LogP contribution in [-0.4, -0.2) is 13.4 Å². The normalized spacial score (nSPS) is 11.5. The fraction of sp³-hybridized carbons (Fsp3) is 0. The van der Waals surface area contributed by atoms with Crippen molar-refractivity contribution in [3.63, 3.8) is 0 Å². The molecule has 0 saturated heterocycles. The van der Waals surface area contributed by atoms with E-state index in [-0.39, 0.29) is 10.8 Å². The maximum absolute atomic E-state index is 11.5. The molecule has 0 saturated carbocycles. The summed E-state index contributed by atoms with van der Waals surface area (Å²) in [6, 6.07) is 16.1. The third-order valence-corrected chi connectivity index (χ3v) is 4.27. The summed E-state index contributed by atoms with van der Waals surface area (Å²) in [4.78, 5) is 3.78. The first-order valence-corrected chi connectivity index (χ1v) is 8.41. The zero-order chi connectivity index (χ0) is 14.9. The lowest BCUT2D eigenvalue weighted by atomic mass is 10.1. The van der Waals surface area contributed by atoms with E-state index < -0.39 is 9.05 Å². The smallest absolute Gasteiger partial charge is 0.266 e. The molecule has 2 aromatic carbocycles. The van der Waals surface area contributed by atoms with Crippen molar-refractivity contribution in [3.05, 3.63) is 60.8 Å². The van der Waals surface area contributed by atoms with E-state index in [1.54, 1.807) is 6.07 Å². The molecule has 1 heterocycles. The number of hydrogen-bond acceptors (Lipinski definition) is 4. The number of nitrogens with zero attached hydrogens (tertiary/aromatic N) is 1. The molecule has 0 aliphatic heterocycles. The molecular formula is C15H10ClNO3S. The van der Waals surface area contributed by atoms with Gasteiger partial charge in [0.25, 0.3) is 9.05 Å². The third kappa shape index (κ3) is 2.99. The second kappa shape index (κ2) is 5.35. The number of rotatable bonds is 3. The largest absolute Gasteiger partial charge is 0.438 e. The molecule has 0 atom stereocenters. The van der Waals surface area contributed by atoms with Crippen LogP contribution >= 0.6 is 10.7 Å². The van der Waals surface area contributed by atoms with Gasteiger partial charge < -0.3 is 4.74 Å². The van der Waals surface area contributed by atoms with E-state index in [2.05, 4.69) is 4.98 Å². The number of ether oxygens (including phenoxy) is 1. The summed E-state index contributed by atoms with van der Waals surface area (Å²) in [6.07, 6.45) is 1.45. The van der Waals surface area contributed by atoms with Crippen molar-refractivity contribution in [3.8, 4) is 11.6 Å². The molecule has 21 heavy (non-hydrogen) atoms. The zero-order valence-electron chi connectivity index (χ0n) is 10.7. The van der Waals surface area contributed by atoms with E-state index in [4.69, 9.17) is 15.4 Å². The minimum Gasteiger partial charge on any atom is -0.438 e. The first-order valence-electron chi connectivity index (χ1n) is 6.10. The summed E-state index contributed by atoms with van der Waals surface area (Å²) in [6.45, 7) is 0. The molecule has 3 rings (SSSR count). The van der Waals surface area contributed by atoms with Gasteiger partial charge in [0.05, 0.1) is 0 Å². The van der Waals surface area contributed by atoms with E-state index in [1.807, 2.05) is 36.4 Å². The van der Waals surface area contributed by atoms with Crippen LogP contribution in [0.4, 0.5) is 0 Å². The summed E-state index contributed by atoms with van der Waals surface area (Å²) >= 11 is 0. The van der Waals surface area contributed by atoms with Gasteiger partial charge in [0.15, 0.2) is 0 Å². The molecular weight excluding hydrogens is 310 g/mol. The van der Waals surface area contributed by atoms with Crippen LogP contribution in [0.25, 0.3) is 10.8 Å². The summed E-state index contributed by atoms with van der Waals surface area (Å²) in [5, 5.41) is 2.05. The van der Waals surface area contributed by atoms with Gasteiger partial charge in [-0.05, 0) is 35.0 Å². The van der Waals surface area contributed by atoms with Crippen molar-refractivity contribution in [1.29, 1.82) is 0 Å². The quantitative estimate of drug-likeness (QED) is 0.686. The number of halogens is 1. The standard InChI is InChI=1S/C15H10ClNO3S/c16-21(18,19)14-6-3-9-17-15(14)20-13-8-7-11-4-1-2-5-12(11)10-13/h1-10H. The van der Waals surface area contributed by atoms with Crippen LogP contribution in [0.3, 0.4) is 0 Å². The van der Waals surface area contributed by atoms with Gasteiger partial charge in [-0.3, -0.25) is 0 Å². The second-order valence-electron chi connectivity index (χ2n) is 4.36. The van der Waals surface area contributed by atoms with Crippen molar-refractivity contribution in [2.75, 3.05) is 0 Å². The minimum atomic E-state index is -3.91. The molecule has 6 heteroatoms. The summed E-state index contributed by atoms with van der Waals surface area (Å²) in [5.74, 6) is 0.455. The molecule has 0 radical (unpaired) electrons. The lowest BCUT2D eigenvalue weighted by Gasteiger charge is -2.08. The van der Waals surface area contributed by atoms with Crippen LogP contribution in [0.2, 0.25) is 0 Å². The Labute approximate surface area is 126 Å². The fourth-order valence-electron chi connectivity index (χ4n) is 1.98. The van der Waals surface area contributed by atoms with E-state index in [0.29, 0.717) is 5.75 Å². The third-order valence-electron chi connectivity index (χ3n) is 2.93. The monoisotopic (exact) mass is 319 g/mol. The van der Waals surface area contributed by atoms with E-state index in [1.165, 1.54) is 18.3 Å². The Morgan fingerprint density at radius 2 is 1.71 bits per heavy atom. The molecule has 0 bridgehead atoms. The molecule has 4 nitrogen and oxygen atoms in total. The molecule has 1 aromatic heterocycles. The maximum atomic E-state index is 11.5. The van der Waals surface area contributed by atoms with Crippen molar-refractivity contribution in [2.24, 2.45) is 0 Å². The molecule has 0 aliphatic rings. The predicted molar refractivity (Wildman–Crippen MR) is 81.3 cm³/mol. The number of pyridine rings is 1.